The number of carbonyl (C=O) groups excluding carboxylic acids is 1. The Morgan fingerprint density at radius 3 is 2.59 bits per heavy atom. The van der Waals surface area contributed by atoms with Crippen molar-refractivity contribution >= 4 is 23.4 Å². The van der Waals surface area contributed by atoms with Crippen LogP contribution >= 0.6 is 11.8 Å². The minimum absolute atomic E-state index is 0.256. The van der Waals surface area contributed by atoms with Crippen molar-refractivity contribution < 1.29 is 14.3 Å². The maximum atomic E-state index is 11.9. The van der Waals surface area contributed by atoms with Crippen LogP contribution in [0.15, 0.2) is 58.8 Å². The Hall–Kier alpha value is -2.47. The molecule has 0 saturated heterocycles. The van der Waals surface area contributed by atoms with Crippen LogP contribution in [0, 0.1) is 0 Å². The van der Waals surface area contributed by atoms with Gasteiger partial charge < -0.3 is 14.8 Å². The predicted molar refractivity (Wildman–Crippen MR) is 87.4 cm³/mol. The number of nitrogens with zero attached hydrogens (tertiary/aromatic N) is 1. The topological polar surface area (TPSA) is 60.5 Å². The van der Waals surface area contributed by atoms with E-state index in [2.05, 4.69) is 10.3 Å². The van der Waals surface area contributed by atoms with Crippen LogP contribution in [-0.4, -0.2) is 25.1 Å². The van der Waals surface area contributed by atoms with Crippen molar-refractivity contribution in [2.45, 2.75) is 4.90 Å². The number of rotatable bonds is 6. The van der Waals surface area contributed by atoms with E-state index in [1.807, 2.05) is 30.3 Å². The van der Waals surface area contributed by atoms with E-state index in [0.29, 0.717) is 17.4 Å². The molecule has 0 spiro atoms. The van der Waals surface area contributed by atoms with Crippen LogP contribution in [0.5, 0.6) is 11.8 Å². The third kappa shape index (κ3) is 4.53. The average molecular weight is 316 g/mol. The molecule has 0 fully saturated rings. The predicted octanol–water partition coefficient (Wildman–Crippen LogP) is 3.34. The molecule has 5 nitrogen and oxygen atoms in total. The molecule has 22 heavy (non-hydrogen) atoms. The summed E-state index contributed by atoms with van der Waals surface area (Å²) >= 11 is 1.47. The Bertz CT molecular complexity index is 660. The Morgan fingerprint density at radius 2 is 1.91 bits per heavy atom. The van der Waals surface area contributed by atoms with Gasteiger partial charge in [0.25, 0.3) is 0 Å². The zero-order chi connectivity index (χ0) is 15.8. The fourth-order valence-corrected chi connectivity index (χ4v) is 2.30. The number of benzene rings is 1. The highest BCUT2D eigenvalue weighted by atomic mass is 32.2. The second kappa shape index (κ2) is 8.09. The molecule has 1 amide bonds. The van der Waals surface area contributed by atoms with E-state index in [9.17, 15) is 4.79 Å². The highest BCUT2D eigenvalue weighted by Crippen LogP contribution is 2.25. The van der Waals surface area contributed by atoms with E-state index in [1.165, 1.54) is 32.1 Å². The zero-order valence-corrected chi connectivity index (χ0v) is 13.1. The normalized spacial score (nSPS) is 10.5. The molecule has 1 heterocycles. The number of hydrogen-bond donors (Lipinski definition) is 1. The lowest BCUT2D eigenvalue weighted by Crippen LogP contribution is -2.09. The van der Waals surface area contributed by atoms with Crippen molar-refractivity contribution in [3.63, 3.8) is 0 Å². The standard InChI is InChI=1S/C16H16N2O3S/c1-20-15-9-8-13(16(18-15)21-2)17-14(19)10-11-22-12-6-4-3-5-7-12/h3-11H,1-2H3,(H,17,19)/b11-10+. The number of nitrogens with one attached hydrogen (secondary N) is 1. The maximum absolute atomic E-state index is 11.9. The highest BCUT2D eigenvalue weighted by molar-refractivity contribution is 8.02. The number of thioether (sulfide) groups is 1. The first kappa shape index (κ1) is 15.9. The molecule has 2 rings (SSSR count). The summed E-state index contributed by atoms with van der Waals surface area (Å²) < 4.78 is 10.1. The third-order valence-electron chi connectivity index (χ3n) is 2.66. The third-order valence-corrected chi connectivity index (χ3v) is 3.48. The first-order valence-corrected chi connectivity index (χ1v) is 7.39. The number of amides is 1. The molecule has 0 radical (unpaired) electrons. The van der Waals surface area contributed by atoms with Gasteiger partial charge in [0.2, 0.25) is 17.7 Å². The van der Waals surface area contributed by atoms with Crippen molar-refractivity contribution in [2.24, 2.45) is 0 Å². The largest absolute Gasteiger partial charge is 0.481 e. The molecule has 2 aromatic rings. The molecule has 114 valence electrons. The fourth-order valence-electron chi connectivity index (χ4n) is 1.64. The van der Waals surface area contributed by atoms with E-state index < -0.39 is 0 Å². The zero-order valence-electron chi connectivity index (χ0n) is 12.3. The summed E-state index contributed by atoms with van der Waals surface area (Å²) in [7, 11) is 3.00. The van der Waals surface area contributed by atoms with Gasteiger partial charge in [0.1, 0.15) is 5.69 Å². The number of carbonyl (C=O) groups is 1. The van der Waals surface area contributed by atoms with Gasteiger partial charge in [-0.3, -0.25) is 4.79 Å². The molecular weight excluding hydrogens is 300 g/mol. The van der Waals surface area contributed by atoms with E-state index in [-0.39, 0.29) is 5.91 Å². The average Bonchev–Trinajstić information content (AvgIpc) is 2.56. The summed E-state index contributed by atoms with van der Waals surface area (Å²) in [6.07, 6.45) is 1.46. The molecule has 0 atom stereocenters. The van der Waals surface area contributed by atoms with Gasteiger partial charge in [-0.05, 0) is 23.6 Å². The van der Waals surface area contributed by atoms with Crippen LogP contribution in [0.1, 0.15) is 0 Å². The second-order valence-corrected chi connectivity index (χ2v) is 5.11. The van der Waals surface area contributed by atoms with Crippen LogP contribution in [0.25, 0.3) is 0 Å². The smallest absolute Gasteiger partial charge is 0.249 e. The number of ether oxygens (including phenoxy) is 2. The molecule has 0 aliphatic carbocycles. The molecule has 0 aliphatic rings. The molecule has 1 aromatic carbocycles. The number of anilines is 1. The molecular formula is C16H16N2O3S. The highest BCUT2D eigenvalue weighted by Gasteiger charge is 2.08. The summed E-state index contributed by atoms with van der Waals surface area (Å²) in [5.41, 5.74) is 0.489. The monoisotopic (exact) mass is 316 g/mol. The van der Waals surface area contributed by atoms with Crippen molar-refractivity contribution in [3.8, 4) is 11.8 Å². The van der Waals surface area contributed by atoms with Crippen LogP contribution in [0.4, 0.5) is 5.69 Å². The molecule has 1 aromatic heterocycles. The molecule has 6 heteroatoms. The summed E-state index contributed by atoms with van der Waals surface area (Å²) in [5.74, 6) is 0.468. The second-order valence-electron chi connectivity index (χ2n) is 4.13. The Morgan fingerprint density at radius 1 is 1.14 bits per heavy atom. The van der Waals surface area contributed by atoms with Gasteiger partial charge in [0, 0.05) is 17.0 Å². The van der Waals surface area contributed by atoms with Crippen LogP contribution in [0.2, 0.25) is 0 Å². The Kier molecular flexibility index (Phi) is 5.85. The summed E-state index contributed by atoms with van der Waals surface area (Å²) in [6.45, 7) is 0. The molecule has 0 unspecified atom stereocenters. The Balaban J connectivity index is 1.97. The number of aromatic nitrogens is 1. The van der Waals surface area contributed by atoms with Gasteiger partial charge >= 0.3 is 0 Å². The van der Waals surface area contributed by atoms with Crippen molar-refractivity contribution in [3.05, 3.63) is 53.9 Å². The van der Waals surface area contributed by atoms with Gasteiger partial charge in [-0.25, -0.2) is 0 Å². The number of methoxy groups -OCH3 is 2. The molecule has 0 saturated carbocycles. The number of pyridine rings is 1. The van der Waals surface area contributed by atoms with Gasteiger partial charge in [0.15, 0.2) is 0 Å². The van der Waals surface area contributed by atoms with Crippen molar-refractivity contribution in [2.75, 3.05) is 19.5 Å². The molecule has 0 bridgehead atoms. The first-order chi connectivity index (χ1) is 10.7. The van der Waals surface area contributed by atoms with Gasteiger partial charge in [-0.1, -0.05) is 30.0 Å². The van der Waals surface area contributed by atoms with Crippen molar-refractivity contribution in [1.29, 1.82) is 0 Å². The van der Waals surface area contributed by atoms with Crippen LogP contribution < -0.4 is 14.8 Å². The molecule has 0 aliphatic heterocycles. The quantitative estimate of drug-likeness (QED) is 0.654. The number of hydrogen-bond acceptors (Lipinski definition) is 5. The minimum atomic E-state index is -0.256. The van der Waals surface area contributed by atoms with Gasteiger partial charge in [-0.15, -0.1) is 0 Å². The SMILES string of the molecule is COc1ccc(NC(=O)/C=C/Sc2ccccc2)c(OC)n1. The lowest BCUT2D eigenvalue weighted by Gasteiger charge is -2.08. The lowest BCUT2D eigenvalue weighted by atomic mass is 10.4. The van der Waals surface area contributed by atoms with Crippen LogP contribution in [-0.2, 0) is 4.79 Å². The summed E-state index contributed by atoms with van der Waals surface area (Å²) in [5, 5.41) is 4.45. The summed E-state index contributed by atoms with van der Waals surface area (Å²) in [4.78, 5) is 17.1. The van der Waals surface area contributed by atoms with Crippen LogP contribution in [0.3, 0.4) is 0 Å². The van der Waals surface area contributed by atoms with E-state index in [1.54, 1.807) is 17.5 Å². The first-order valence-electron chi connectivity index (χ1n) is 6.51. The molecule has 1 N–H and O–H groups in total. The van der Waals surface area contributed by atoms with E-state index in [4.69, 9.17) is 9.47 Å². The summed E-state index contributed by atoms with van der Waals surface area (Å²) in [6, 6.07) is 13.1. The minimum Gasteiger partial charge on any atom is -0.481 e. The van der Waals surface area contributed by atoms with E-state index in [0.717, 1.165) is 4.90 Å². The van der Waals surface area contributed by atoms with E-state index >= 15 is 0 Å². The maximum Gasteiger partial charge on any atom is 0.249 e. The van der Waals surface area contributed by atoms with Crippen molar-refractivity contribution in [1.82, 2.24) is 4.98 Å². The fraction of sp³-hybridized carbons (Fsp3) is 0.125. The van der Waals surface area contributed by atoms with Gasteiger partial charge in [-0.2, -0.15) is 4.98 Å². The van der Waals surface area contributed by atoms with Gasteiger partial charge in [0.05, 0.1) is 14.2 Å². The Labute approximate surface area is 133 Å². The lowest BCUT2D eigenvalue weighted by molar-refractivity contribution is -0.111.